The molecule has 0 aliphatic carbocycles. The van der Waals surface area contributed by atoms with Crippen LogP contribution in [0.25, 0.3) is 0 Å². The largest absolute Gasteiger partial charge is 0.508 e. The number of hydrogen-bond acceptors (Lipinski definition) is 8. The molecule has 0 saturated carbocycles. The number of nitrogens with one attached hydrogen (secondary N) is 2. The van der Waals surface area contributed by atoms with Crippen LogP contribution in [-0.2, 0) is 9.84 Å². The van der Waals surface area contributed by atoms with Crippen LogP contribution >= 0.6 is 43.2 Å². The van der Waals surface area contributed by atoms with E-state index in [0.29, 0.717) is 42.4 Å². The number of sulfone groups is 1. The van der Waals surface area contributed by atoms with Crippen molar-refractivity contribution in [2.75, 3.05) is 22.1 Å². The minimum Gasteiger partial charge on any atom is -0.508 e. The lowest BCUT2D eigenvalue weighted by atomic mass is 10.1. The third kappa shape index (κ3) is 4.81. The number of carbonyl (C=O) groups excluding carboxylic acids is 1. The van der Waals surface area contributed by atoms with Gasteiger partial charge in [0.25, 0.3) is 5.91 Å². The van der Waals surface area contributed by atoms with Crippen LogP contribution in [0.15, 0.2) is 21.2 Å². The van der Waals surface area contributed by atoms with Crippen molar-refractivity contribution in [3.05, 3.63) is 42.9 Å². The van der Waals surface area contributed by atoms with Crippen molar-refractivity contribution in [3.63, 3.8) is 0 Å². The van der Waals surface area contributed by atoms with E-state index in [1.807, 2.05) is 13.8 Å². The molecule has 1 atom stereocenters. The number of nitrogens with zero attached hydrogens (tertiary/aromatic N) is 3. The lowest BCUT2D eigenvalue weighted by molar-refractivity contribution is 0.103. The number of carbonyl (C=O) groups is 1. The first-order valence-corrected chi connectivity index (χ1v) is 14.2. The number of aromatic nitrogens is 3. The lowest BCUT2D eigenvalue weighted by Crippen LogP contribution is -2.14. The Balaban J connectivity index is 1.52. The molecule has 1 aliphatic rings. The number of thiazole rings is 1. The van der Waals surface area contributed by atoms with E-state index >= 15 is 0 Å². The summed E-state index contributed by atoms with van der Waals surface area (Å²) in [5.41, 5.74) is 2.74. The van der Waals surface area contributed by atoms with E-state index in [2.05, 4.69) is 52.6 Å². The molecule has 1 unspecified atom stereocenters. The number of rotatable bonds is 5. The molecule has 3 N–H and O–H groups in total. The van der Waals surface area contributed by atoms with Crippen LogP contribution in [0, 0.1) is 20.8 Å². The molecular formula is C20H21Br2N5O4S2. The lowest BCUT2D eigenvalue weighted by Gasteiger charge is -2.13. The fourth-order valence-electron chi connectivity index (χ4n) is 3.67. The van der Waals surface area contributed by atoms with E-state index in [4.69, 9.17) is 0 Å². The topological polar surface area (TPSA) is 126 Å². The van der Waals surface area contributed by atoms with Crippen molar-refractivity contribution < 1.29 is 18.3 Å². The third-order valence-electron chi connectivity index (χ3n) is 5.58. The molecule has 1 fully saturated rings. The van der Waals surface area contributed by atoms with Gasteiger partial charge in [-0.2, -0.15) is 5.10 Å². The van der Waals surface area contributed by atoms with Crippen molar-refractivity contribution in [1.29, 1.82) is 0 Å². The van der Waals surface area contributed by atoms with Gasteiger partial charge in [0.05, 0.1) is 39.6 Å². The van der Waals surface area contributed by atoms with Gasteiger partial charge in [-0.1, -0.05) is 27.3 Å². The zero-order valence-electron chi connectivity index (χ0n) is 17.9. The molecule has 176 valence electrons. The molecule has 1 aliphatic heterocycles. The normalized spacial score (nSPS) is 17.3. The first kappa shape index (κ1) is 24.2. The highest BCUT2D eigenvalue weighted by atomic mass is 79.9. The molecule has 13 heteroatoms. The Labute approximate surface area is 211 Å². The maximum atomic E-state index is 12.8. The molecule has 2 aromatic heterocycles. The van der Waals surface area contributed by atoms with Crippen molar-refractivity contribution in [2.24, 2.45) is 0 Å². The summed E-state index contributed by atoms with van der Waals surface area (Å²) in [5.74, 6) is 0.479. The van der Waals surface area contributed by atoms with Gasteiger partial charge in [0, 0.05) is 10.0 Å². The predicted molar refractivity (Wildman–Crippen MR) is 136 cm³/mol. The first-order valence-electron chi connectivity index (χ1n) is 9.94. The summed E-state index contributed by atoms with van der Waals surface area (Å²) in [6, 6.07) is 1.39. The molecular weight excluding hydrogens is 598 g/mol. The van der Waals surface area contributed by atoms with Gasteiger partial charge in [0.2, 0.25) is 0 Å². The highest BCUT2D eigenvalue weighted by Crippen LogP contribution is 2.36. The van der Waals surface area contributed by atoms with Gasteiger partial charge in [-0.25, -0.2) is 13.4 Å². The molecule has 1 aromatic carbocycles. The van der Waals surface area contributed by atoms with E-state index in [1.165, 1.54) is 6.20 Å². The van der Waals surface area contributed by atoms with E-state index in [9.17, 15) is 18.3 Å². The van der Waals surface area contributed by atoms with Crippen molar-refractivity contribution >= 4 is 75.6 Å². The first-order chi connectivity index (χ1) is 15.5. The number of amides is 1. The second kappa shape index (κ2) is 9.01. The molecule has 3 heterocycles. The number of aromatic hydroxyl groups is 1. The minimum absolute atomic E-state index is 0.0763. The number of halogens is 2. The van der Waals surface area contributed by atoms with Crippen LogP contribution in [0.1, 0.15) is 39.0 Å². The standard InChI is InChI=1S/C20H21Br2N5O4S2/c1-9-13(21)6-14(28)10(2)17(9)24-19(29)15-7-23-20(32-15)25-18-16(22)11(3)27(26-18)12-4-5-33(30,31)8-12/h6-7,12,28H,4-5,8H2,1-3H3,(H,24,29)(H,23,25,26). The summed E-state index contributed by atoms with van der Waals surface area (Å²) in [6.07, 6.45) is 1.99. The highest BCUT2D eigenvalue weighted by Gasteiger charge is 2.31. The van der Waals surface area contributed by atoms with Gasteiger partial charge in [0.15, 0.2) is 20.8 Å². The minimum atomic E-state index is -3.04. The summed E-state index contributed by atoms with van der Waals surface area (Å²) in [7, 11) is -3.04. The number of phenolic OH excluding ortho intramolecular Hbond substituents is 1. The Bertz CT molecular complexity index is 1340. The molecule has 0 bridgehead atoms. The number of hydrogen-bond donors (Lipinski definition) is 3. The number of anilines is 3. The van der Waals surface area contributed by atoms with Crippen molar-refractivity contribution in [3.8, 4) is 5.75 Å². The molecule has 4 rings (SSSR count). The Morgan fingerprint density at radius 2 is 2.00 bits per heavy atom. The summed E-state index contributed by atoms with van der Waals surface area (Å²) in [4.78, 5) is 17.5. The second-order valence-corrected chi connectivity index (χ2v) is 12.8. The van der Waals surface area contributed by atoms with Crippen LogP contribution in [-0.4, -0.2) is 45.7 Å². The number of phenols is 1. The summed E-state index contributed by atoms with van der Waals surface area (Å²) < 4.78 is 26.8. The average molecular weight is 619 g/mol. The zero-order valence-corrected chi connectivity index (χ0v) is 22.7. The fraction of sp³-hybridized carbons (Fsp3) is 0.350. The van der Waals surface area contributed by atoms with Crippen LogP contribution in [0.2, 0.25) is 0 Å². The second-order valence-electron chi connectivity index (χ2n) is 7.86. The SMILES string of the molecule is Cc1c(O)cc(Br)c(C)c1NC(=O)c1cnc(Nc2nn(C3CCS(=O)(=O)C3)c(C)c2Br)s1. The van der Waals surface area contributed by atoms with Crippen LogP contribution in [0.4, 0.5) is 16.6 Å². The Hall–Kier alpha value is -1.96. The van der Waals surface area contributed by atoms with Gasteiger partial charge >= 0.3 is 0 Å². The molecule has 0 radical (unpaired) electrons. The maximum Gasteiger partial charge on any atom is 0.267 e. The van der Waals surface area contributed by atoms with Crippen molar-refractivity contribution in [1.82, 2.24) is 14.8 Å². The number of benzene rings is 1. The van der Waals surface area contributed by atoms with Crippen LogP contribution in [0.5, 0.6) is 5.75 Å². The Kier molecular flexibility index (Phi) is 6.60. The summed E-state index contributed by atoms with van der Waals surface area (Å²) >= 11 is 8.06. The summed E-state index contributed by atoms with van der Waals surface area (Å²) in [6.45, 7) is 5.44. The van der Waals surface area contributed by atoms with Gasteiger partial charge in [-0.15, -0.1) is 0 Å². The van der Waals surface area contributed by atoms with Crippen molar-refractivity contribution in [2.45, 2.75) is 33.2 Å². The zero-order chi connectivity index (χ0) is 24.1. The maximum absolute atomic E-state index is 12.8. The van der Waals surface area contributed by atoms with Crippen LogP contribution < -0.4 is 10.6 Å². The monoisotopic (exact) mass is 617 g/mol. The fourth-order valence-corrected chi connectivity index (χ4v) is 6.85. The Morgan fingerprint density at radius 1 is 1.27 bits per heavy atom. The molecule has 1 amide bonds. The molecule has 0 spiro atoms. The average Bonchev–Trinajstić information content (AvgIpc) is 3.44. The predicted octanol–water partition coefficient (Wildman–Crippen LogP) is 4.85. The van der Waals surface area contributed by atoms with Gasteiger partial charge < -0.3 is 15.7 Å². The van der Waals surface area contributed by atoms with Gasteiger partial charge in [-0.05, 0) is 54.8 Å². The Morgan fingerprint density at radius 3 is 2.67 bits per heavy atom. The smallest absolute Gasteiger partial charge is 0.267 e. The molecule has 9 nitrogen and oxygen atoms in total. The molecule has 33 heavy (non-hydrogen) atoms. The van der Waals surface area contributed by atoms with E-state index in [1.54, 1.807) is 17.7 Å². The highest BCUT2D eigenvalue weighted by molar-refractivity contribution is 9.11. The van der Waals surface area contributed by atoms with Crippen LogP contribution in [0.3, 0.4) is 0 Å². The molecule has 3 aromatic rings. The van der Waals surface area contributed by atoms with Gasteiger partial charge in [0.1, 0.15) is 10.6 Å². The third-order valence-corrected chi connectivity index (χ3v) is 10.0. The summed E-state index contributed by atoms with van der Waals surface area (Å²) in [5, 5.41) is 21.0. The molecule has 1 saturated heterocycles. The van der Waals surface area contributed by atoms with E-state index in [0.717, 1.165) is 22.6 Å². The quantitative estimate of drug-likeness (QED) is 0.373. The van der Waals surface area contributed by atoms with E-state index in [-0.39, 0.29) is 29.2 Å². The van der Waals surface area contributed by atoms with Gasteiger partial charge in [-0.3, -0.25) is 9.48 Å². The van der Waals surface area contributed by atoms with E-state index < -0.39 is 9.84 Å².